The van der Waals surface area contributed by atoms with E-state index in [1.807, 2.05) is 12.1 Å². The van der Waals surface area contributed by atoms with Gasteiger partial charge in [0.1, 0.15) is 5.76 Å². The van der Waals surface area contributed by atoms with E-state index in [1.165, 1.54) is 4.88 Å². The zero-order chi connectivity index (χ0) is 19.3. The number of hydrogen-bond donors (Lipinski definition) is 2. The second kappa shape index (κ2) is 14.8. The number of guanidine groups is 1. The van der Waals surface area contributed by atoms with Gasteiger partial charge in [0, 0.05) is 50.8 Å². The number of furan rings is 1. The zero-order valence-electron chi connectivity index (χ0n) is 16.8. The summed E-state index contributed by atoms with van der Waals surface area (Å²) < 4.78 is 16.6. The minimum absolute atomic E-state index is 0. The second-order valence-corrected chi connectivity index (χ2v) is 7.94. The molecule has 0 radical (unpaired) electrons. The van der Waals surface area contributed by atoms with E-state index in [0.29, 0.717) is 12.5 Å². The van der Waals surface area contributed by atoms with Crippen LogP contribution in [0, 0.1) is 5.92 Å². The summed E-state index contributed by atoms with van der Waals surface area (Å²) in [7, 11) is 0. The number of hydrogen-bond acceptors (Lipinski definition) is 5. The molecule has 2 N–H and O–H groups in total. The molecule has 0 amide bonds. The molecule has 0 atom stereocenters. The van der Waals surface area contributed by atoms with E-state index >= 15 is 0 Å². The first-order chi connectivity index (χ1) is 13.9. The number of halogens is 1. The Morgan fingerprint density at radius 1 is 1.17 bits per heavy atom. The Hall–Kier alpha value is -1.10. The molecule has 0 aromatic carbocycles. The number of nitrogens with zero attached hydrogens (tertiary/aromatic N) is 1. The van der Waals surface area contributed by atoms with Crippen LogP contribution in [0.4, 0.5) is 0 Å². The van der Waals surface area contributed by atoms with Crippen LogP contribution in [0.2, 0.25) is 0 Å². The third-order valence-electron chi connectivity index (χ3n) is 4.67. The largest absolute Gasteiger partial charge is 0.469 e. The van der Waals surface area contributed by atoms with Gasteiger partial charge in [0.2, 0.25) is 0 Å². The maximum absolute atomic E-state index is 5.84. The summed E-state index contributed by atoms with van der Waals surface area (Å²) in [5.41, 5.74) is 0. The number of aliphatic imine (C=N–C) groups is 1. The smallest absolute Gasteiger partial charge is 0.191 e. The van der Waals surface area contributed by atoms with E-state index in [1.54, 1.807) is 17.6 Å². The Labute approximate surface area is 194 Å². The van der Waals surface area contributed by atoms with Gasteiger partial charge < -0.3 is 24.5 Å². The van der Waals surface area contributed by atoms with Gasteiger partial charge in [-0.25, -0.2) is 4.99 Å². The summed E-state index contributed by atoms with van der Waals surface area (Å²) in [6, 6.07) is 8.08. The number of nitrogens with one attached hydrogen (secondary N) is 2. The van der Waals surface area contributed by atoms with Crippen molar-refractivity contribution in [3.05, 3.63) is 46.5 Å². The topological polar surface area (TPSA) is 68.0 Å². The third kappa shape index (κ3) is 9.97. The number of ether oxygens (including phenoxy) is 2. The fourth-order valence-electron chi connectivity index (χ4n) is 3.04. The molecule has 29 heavy (non-hydrogen) atoms. The van der Waals surface area contributed by atoms with Gasteiger partial charge in [-0.2, -0.15) is 0 Å². The van der Waals surface area contributed by atoms with Gasteiger partial charge in [-0.1, -0.05) is 6.07 Å². The molecule has 3 rings (SSSR count). The molecule has 0 saturated carbocycles. The minimum Gasteiger partial charge on any atom is -0.469 e. The van der Waals surface area contributed by atoms with Crippen molar-refractivity contribution in [1.82, 2.24) is 10.6 Å². The molecule has 162 valence electrons. The fraction of sp³-hybridized carbons (Fsp3) is 0.571. The number of rotatable bonds is 11. The molecule has 1 fully saturated rings. The first kappa shape index (κ1) is 24.2. The van der Waals surface area contributed by atoms with Crippen molar-refractivity contribution >= 4 is 41.3 Å². The van der Waals surface area contributed by atoms with E-state index < -0.39 is 0 Å². The first-order valence-corrected chi connectivity index (χ1v) is 11.0. The highest BCUT2D eigenvalue weighted by Crippen LogP contribution is 2.14. The molecule has 8 heteroatoms. The van der Waals surface area contributed by atoms with E-state index in [2.05, 4.69) is 28.1 Å². The maximum Gasteiger partial charge on any atom is 0.191 e. The molecule has 0 spiro atoms. The van der Waals surface area contributed by atoms with Gasteiger partial charge in [0.25, 0.3) is 0 Å². The van der Waals surface area contributed by atoms with Crippen molar-refractivity contribution in [2.24, 2.45) is 10.9 Å². The molecule has 1 aliphatic heterocycles. The van der Waals surface area contributed by atoms with E-state index in [9.17, 15) is 0 Å². The summed E-state index contributed by atoms with van der Waals surface area (Å²) in [5, 5.41) is 8.89. The van der Waals surface area contributed by atoms with Crippen LogP contribution in [0.5, 0.6) is 0 Å². The second-order valence-electron chi connectivity index (χ2n) is 6.91. The highest BCUT2D eigenvalue weighted by molar-refractivity contribution is 14.0. The van der Waals surface area contributed by atoms with Crippen molar-refractivity contribution in [2.75, 3.05) is 39.5 Å². The molecular weight excluding hydrogens is 501 g/mol. The number of thiophene rings is 1. The SMILES string of the molecule is I.c1coc(CCNC(=NCc2cccs2)NCCCOCC2CCOCC2)c1. The Morgan fingerprint density at radius 3 is 2.79 bits per heavy atom. The average Bonchev–Trinajstić information content (AvgIpc) is 3.43. The predicted octanol–water partition coefficient (Wildman–Crippen LogP) is 4.07. The molecule has 0 aliphatic carbocycles. The van der Waals surface area contributed by atoms with Crippen LogP contribution in [-0.2, 0) is 22.4 Å². The lowest BCUT2D eigenvalue weighted by molar-refractivity contribution is 0.0203. The van der Waals surface area contributed by atoms with Gasteiger partial charge in [-0.05, 0) is 48.8 Å². The van der Waals surface area contributed by atoms with E-state index in [-0.39, 0.29) is 24.0 Å². The van der Waals surface area contributed by atoms with Gasteiger partial charge >= 0.3 is 0 Å². The Bertz CT molecular complexity index is 659. The van der Waals surface area contributed by atoms with E-state index in [0.717, 1.165) is 76.9 Å². The summed E-state index contributed by atoms with van der Waals surface area (Å²) in [4.78, 5) is 5.95. The van der Waals surface area contributed by atoms with Crippen molar-refractivity contribution in [3.63, 3.8) is 0 Å². The molecule has 2 aromatic rings. The van der Waals surface area contributed by atoms with Crippen LogP contribution in [0.25, 0.3) is 0 Å². The maximum atomic E-state index is 5.84. The van der Waals surface area contributed by atoms with E-state index in [4.69, 9.17) is 18.9 Å². The minimum atomic E-state index is 0. The van der Waals surface area contributed by atoms with Crippen molar-refractivity contribution in [2.45, 2.75) is 32.2 Å². The summed E-state index contributed by atoms with van der Waals surface area (Å²) in [6.45, 7) is 5.69. The van der Waals surface area contributed by atoms with Crippen LogP contribution >= 0.6 is 35.3 Å². The zero-order valence-corrected chi connectivity index (χ0v) is 20.0. The average molecular weight is 533 g/mol. The van der Waals surface area contributed by atoms with Gasteiger partial charge in [-0.3, -0.25) is 0 Å². The quantitative estimate of drug-likeness (QED) is 0.197. The van der Waals surface area contributed by atoms with Crippen molar-refractivity contribution in [3.8, 4) is 0 Å². The van der Waals surface area contributed by atoms with Crippen molar-refractivity contribution in [1.29, 1.82) is 0 Å². The highest BCUT2D eigenvalue weighted by Gasteiger charge is 2.13. The summed E-state index contributed by atoms with van der Waals surface area (Å²) in [5.74, 6) is 2.48. The van der Waals surface area contributed by atoms with Gasteiger partial charge in [0.15, 0.2) is 5.96 Å². The molecule has 6 nitrogen and oxygen atoms in total. The van der Waals surface area contributed by atoms with Gasteiger partial charge in [-0.15, -0.1) is 35.3 Å². The predicted molar refractivity (Wildman–Crippen MR) is 128 cm³/mol. The summed E-state index contributed by atoms with van der Waals surface area (Å²) >= 11 is 1.73. The molecular formula is C21H32IN3O3S. The molecule has 1 aliphatic rings. The highest BCUT2D eigenvalue weighted by atomic mass is 127. The van der Waals surface area contributed by atoms with Crippen LogP contribution in [0.1, 0.15) is 29.9 Å². The fourth-order valence-corrected chi connectivity index (χ4v) is 3.66. The molecule has 0 unspecified atom stereocenters. The molecule has 1 saturated heterocycles. The van der Waals surface area contributed by atoms with Crippen LogP contribution in [0.15, 0.2) is 45.3 Å². The van der Waals surface area contributed by atoms with Crippen molar-refractivity contribution < 1.29 is 13.9 Å². The third-order valence-corrected chi connectivity index (χ3v) is 5.53. The van der Waals surface area contributed by atoms with Gasteiger partial charge in [0.05, 0.1) is 12.8 Å². The lowest BCUT2D eigenvalue weighted by atomic mass is 10.0. The Morgan fingerprint density at radius 2 is 2.03 bits per heavy atom. The molecule has 2 aromatic heterocycles. The monoisotopic (exact) mass is 533 g/mol. The Balaban J connectivity index is 0.00000300. The lowest BCUT2D eigenvalue weighted by Gasteiger charge is -2.21. The van der Waals surface area contributed by atoms with Crippen LogP contribution in [0.3, 0.4) is 0 Å². The standard InChI is InChI=1S/C21H31N3O3S.HI/c1-4-19(27-12-1)6-10-23-21(24-16-20-5-2-15-28-20)22-9-3-11-26-17-18-7-13-25-14-8-18;/h1-2,4-5,12,15,18H,3,6-11,13-14,16-17H2,(H2,22,23,24);1H. The lowest BCUT2D eigenvalue weighted by Crippen LogP contribution is -2.39. The normalized spacial score (nSPS) is 15.1. The Kier molecular flexibility index (Phi) is 12.3. The molecule has 3 heterocycles. The molecule has 0 bridgehead atoms. The van der Waals surface area contributed by atoms with Crippen LogP contribution < -0.4 is 10.6 Å². The first-order valence-electron chi connectivity index (χ1n) is 10.1. The van der Waals surface area contributed by atoms with Crippen LogP contribution in [-0.4, -0.2) is 45.5 Å². The summed E-state index contributed by atoms with van der Waals surface area (Å²) in [6.07, 6.45) is 5.75.